The Morgan fingerprint density at radius 2 is 1.85 bits per heavy atom. The molecule has 3 aromatic heterocycles. The Labute approximate surface area is 223 Å². The molecule has 0 aliphatic carbocycles. The van der Waals surface area contributed by atoms with Crippen LogP contribution >= 0.6 is 8.60 Å². The van der Waals surface area contributed by atoms with Crippen LogP contribution in [0.2, 0.25) is 0 Å². The number of aromatic amines is 1. The first-order valence-electron chi connectivity index (χ1n) is 12.7. The van der Waals surface area contributed by atoms with Crippen LogP contribution in [0.15, 0.2) is 65.6 Å². The number of aliphatic hydroxyl groups is 1. The molecule has 5 atom stereocenters. The molecule has 0 amide bonds. The van der Waals surface area contributed by atoms with Crippen LogP contribution in [0.4, 0.5) is 0 Å². The molecule has 0 saturated carbocycles. The van der Waals surface area contributed by atoms with Crippen LogP contribution in [-0.4, -0.2) is 58.8 Å². The minimum atomic E-state index is -2.11. The first-order chi connectivity index (χ1) is 18.9. The fourth-order valence-electron chi connectivity index (χ4n) is 5.22. The number of benzene rings is 2. The van der Waals surface area contributed by atoms with Gasteiger partial charge < -0.3 is 28.8 Å². The van der Waals surface area contributed by atoms with Crippen molar-refractivity contribution in [2.75, 3.05) is 6.61 Å². The second kappa shape index (κ2) is 9.34. The number of ether oxygens (including phenoxy) is 1. The van der Waals surface area contributed by atoms with Gasteiger partial charge in [0.2, 0.25) is 5.78 Å². The van der Waals surface area contributed by atoms with E-state index < -0.39 is 33.1 Å². The van der Waals surface area contributed by atoms with Crippen molar-refractivity contribution in [2.45, 2.75) is 44.3 Å². The van der Waals surface area contributed by atoms with Gasteiger partial charge >= 0.3 is 8.60 Å². The van der Waals surface area contributed by atoms with E-state index in [0.717, 1.165) is 22.4 Å². The number of aromatic nitrogens is 5. The Hall–Kier alpha value is -3.44. The third kappa shape index (κ3) is 4.01. The van der Waals surface area contributed by atoms with Crippen LogP contribution in [0.3, 0.4) is 0 Å². The molecule has 12 heteroatoms. The predicted molar refractivity (Wildman–Crippen MR) is 144 cm³/mol. The molecule has 200 valence electrons. The van der Waals surface area contributed by atoms with Crippen molar-refractivity contribution < 1.29 is 23.8 Å². The zero-order valence-electron chi connectivity index (χ0n) is 21.1. The molecule has 2 aromatic carbocycles. The number of hydrogen-bond acceptors (Lipinski definition) is 8. The van der Waals surface area contributed by atoms with Gasteiger partial charge in [-0.1, -0.05) is 68.4 Å². The molecule has 39 heavy (non-hydrogen) atoms. The lowest BCUT2D eigenvalue weighted by molar-refractivity contribution is -0.0581. The molecule has 2 aliphatic heterocycles. The fourth-order valence-corrected chi connectivity index (χ4v) is 6.03. The van der Waals surface area contributed by atoms with Crippen molar-refractivity contribution >= 4 is 25.5 Å². The van der Waals surface area contributed by atoms with Crippen molar-refractivity contribution in [1.29, 1.82) is 0 Å². The summed E-state index contributed by atoms with van der Waals surface area (Å²) in [5.41, 5.74) is 3.59. The molecule has 11 nitrogen and oxygen atoms in total. The Morgan fingerprint density at radius 1 is 1.08 bits per heavy atom. The Balaban J connectivity index is 1.43. The van der Waals surface area contributed by atoms with Crippen molar-refractivity contribution in [2.24, 2.45) is 0 Å². The summed E-state index contributed by atoms with van der Waals surface area (Å²) < 4.78 is 20.0. The molecule has 0 bridgehead atoms. The molecule has 2 saturated heterocycles. The maximum atomic E-state index is 13.7. The third-order valence-electron chi connectivity index (χ3n) is 7.30. The van der Waals surface area contributed by atoms with Crippen LogP contribution in [0.1, 0.15) is 31.6 Å². The molecule has 3 N–H and O–H groups in total. The van der Waals surface area contributed by atoms with Crippen molar-refractivity contribution in [3.05, 3.63) is 76.7 Å². The van der Waals surface area contributed by atoms with E-state index in [2.05, 4.69) is 18.8 Å². The van der Waals surface area contributed by atoms with Gasteiger partial charge in [0, 0.05) is 11.8 Å². The largest absolute Gasteiger partial charge is 0.386 e. The number of imidazole rings is 2. The fraction of sp³-hybridized carbons (Fsp3) is 0.296. The number of nitrogens with one attached hydrogen (secondary N) is 1. The predicted octanol–water partition coefficient (Wildman–Crippen LogP) is 3.72. The van der Waals surface area contributed by atoms with Crippen LogP contribution in [0.5, 0.6) is 0 Å². The summed E-state index contributed by atoms with van der Waals surface area (Å²) in [5.74, 6) is 1.10. The third-order valence-corrected chi connectivity index (χ3v) is 8.09. The first-order valence-corrected chi connectivity index (χ1v) is 13.8. The van der Waals surface area contributed by atoms with E-state index in [1.54, 1.807) is 10.8 Å². The van der Waals surface area contributed by atoms with Gasteiger partial charge in [-0.25, -0.2) is 9.38 Å². The second-order valence-corrected chi connectivity index (χ2v) is 11.0. The van der Waals surface area contributed by atoms with Gasteiger partial charge in [0.25, 0.3) is 5.56 Å². The molecule has 5 aromatic rings. The molecule has 0 spiro atoms. The molecule has 5 unspecified atom stereocenters. The van der Waals surface area contributed by atoms with Gasteiger partial charge in [-0.05, 0) is 17.0 Å². The Kier molecular flexibility index (Phi) is 5.89. The van der Waals surface area contributed by atoms with Crippen LogP contribution in [0.25, 0.3) is 39.6 Å². The Bertz CT molecular complexity index is 1730. The minimum Gasteiger partial charge on any atom is -0.386 e. The van der Waals surface area contributed by atoms with Gasteiger partial charge in [0.15, 0.2) is 17.4 Å². The topological polar surface area (TPSA) is 136 Å². The summed E-state index contributed by atoms with van der Waals surface area (Å²) in [6.45, 7) is 4.30. The lowest BCUT2D eigenvalue weighted by atomic mass is 10.0. The number of hydrogen-bond donors (Lipinski definition) is 3. The van der Waals surface area contributed by atoms with Crippen molar-refractivity contribution in [3.63, 3.8) is 0 Å². The quantitative estimate of drug-likeness (QED) is 0.290. The number of rotatable bonds is 4. The highest BCUT2D eigenvalue weighted by molar-refractivity contribution is 7.40. The standard InChI is InChI=1S/C27H26N5O6P/c1-14(2)15-8-10-17(11-9-15)23-29-20-24(32(23)26-21(33)22-19(37-26)13-36-39(35)38-22)30-27-28-18(12-31(27)25(20)34)16-6-4-3-5-7-16/h3-12,14,19,21-22,26,33,35H,13H2,1-2H3,(H,28,30). The maximum absolute atomic E-state index is 13.7. The zero-order valence-corrected chi connectivity index (χ0v) is 22.0. The minimum absolute atomic E-state index is 0.0723. The van der Waals surface area contributed by atoms with E-state index in [0.29, 0.717) is 17.5 Å². The lowest BCUT2D eigenvalue weighted by Gasteiger charge is -2.27. The van der Waals surface area contributed by atoms with Gasteiger partial charge in [-0.3, -0.25) is 9.36 Å². The highest BCUT2D eigenvalue weighted by atomic mass is 31.2. The summed E-state index contributed by atoms with van der Waals surface area (Å²) in [6, 6.07) is 17.5. The van der Waals surface area contributed by atoms with E-state index in [9.17, 15) is 14.8 Å². The molecular formula is C27H26N5O6P. The van der Waals surface area contributed by atoms with Gasteiger partial charge in [-0.15, -0.1) is 0 Å². The molecule has 2 fully saturated rings. The van der Waals surface area contributed by atoms with Gasteiger partial charge in [-0.2, -0.15) is 4.98 Å². The van der Waals surface area contributed by atoms with Crippen LogP contribution < -0.4 is 5.56 Å². The summed E-state index contributed by atoms with van der Waals surface area (Å²) in [5, 5.41) is 11.3. The van der Waals surface area contributed by atoms with Crippen molar-refractivity contribution in [1.82, 2.24) is 23.9 Å². The monoisotopic (exact) mass is 547 g/mol. The van der Waals surface area contributed by atoms with Crippen LogP contribution in [-0.2, 0) is 13.8 Å². The van der Waals surface area contributed by atoms with E-state index in [1.165, 1.54) is 4.40 Å². The smallest absolute Gasteiger partial charge is 0.330 e. The molecular weight excluding hydrogens is 521 g/mol. The summed E-state index contributed by atoms with van der Waals surface area (Å²) in [4.78, 5) is 36.4. The van der Waals surface area contributed by atoms with E-state index >= 15 is 0 Å². The van der Waals surface area contributed by atoms with Crippen molar-refractivity contribution in [3.8, 4) is 22.6 Å². The number of H-pyrrole nitrogens is 1. The molecule has 0 radical (unpaired) electrons. The van der Waals surface area contributed by atoms with E-state index in [1.807, 2.05) is 54.6 Å². The molecule has 2 aliphatic rings. The van der Waals surface area contributed by atoms with Crippen LogP contribution in [0, 0.1) is 0 Å². The molecule has 5 heterocycles. The number of aliphatic hydroxyl groups excluding tert-OH is 1. The highest BCUT2D eigenvalue weighted by Gasteiger charge is 2.50. The summed E-state index contributed by atoms with van der Waals surface area (Å²) in [7, 11) is -2.11. The summed E-state index contributed by atoms with van der Waals surface area (Å²) >= 11 is 0. The second-order valence-electron chi connectivity index (χ2n) is 10.1. The lowest BCUT2D eigenvalue weighted by Crippen LogP contribution is -2.38. The average Bonchev–Trinajstić information content (AvgIpc) is 3.63. The normalized spacial score (nSPS) is 25.1. The zero-order chi connectivity index (χ0) is 26.8. The number of fused-ring (bicyclic) bond motifs is 3. The SMILES string of the molecule is CC(C)c1ccc(-c2nc3c(=O)n4cc(-c5ccccc5)[nH]c4nc3n2C2OC3COP(O)OC3C2O)cc1. The van der Waals surface area contributed by atoms with Gasteiger partial charge in [0.05, 0.1) is 12.3 Å². The number of nitrogens with zero attached hydrogens (tertiary/aromatic N) is 4. The van der Waals surface area contributed by atoms with E-state index in [4.69, 9.17) is 23.8 Å². The van der Waals surface area contributed by atoms with E-state index in [-0.39, 0.29) is 23.3 Å². The highest BCUT2D eigenvalue weighted by Crippen LogP contribution is 2.47. The summed E-state index contributed by atoms with van der Waals surface area (Å²) in [6.07, 6.45) is -1.84. The maximum Gasteiger partial charge on any atom is 0.330 e. The Morgan fingerprint density at radius 3 is 2.59 bits per heavy atom. The average molecular weight is 548 g/mol. The van der Waals surface area contributed by atoms with Gasteiger partial charge in [0.1, 0.15) is 24.1 Å². The molecule has 7 rings (SSSR count). The first kappa shape index (κ1) is 24.6.